The van der Waals surface area contributed by atoms with E-state index in [1.165, 1.54) is 19.3 Å². The molecule has 0 aromatic heterocycles. The number of aliphatic hydroxyl groups excluding tert-OH is 3. The number of likely N-dealkylation sites (N-methyl/N-ethyl adjacent to an activating group) is 1. The van der Waals surface area contributed by atoms with Crippen LogP contribution in [0, 0.1) is 17.8 Å². The number of esters is 1. The fraction of sp³-hybridized carbons (Fsp3) is 0.771. The number of aliphatic hydroxyl groups is 3. The second kappa shape index (κ2) is 18.1. The highest BCUT2D eigenvalue weighted by Gasteiger charge is 2.45. The average molecular weight is 668 g/mol. The van der Waals surface area contributed by atoms with Crippen molar-refractivity contribution in [3.63, 3.8) is 0 Å². The molecule has 15 unspecified atom stereocenters. The molecule has 12 heteroatoms. The summed E-state index contributed by atoms with van der Waals surface area (Å²) in [5.41, 5.74) is 0. The first-order chi connectivity index (χ1) is 22.2. The number of hydrogen-bond donors (Lipinski definition) is 3. The fourth-order valence-electron chi connectivity index (χ4n) is 6.59. The molecule has 3 aliphatic rings. The largest absolute Gasteiger partial charge is 0.456 e. The molecule has 47 heavy (non-hydrogen) atoms. The number of nitrogens with zero attached hydrogens (tertiary/aromatic N) is 1. The van der Waals surface area contributed by atoms with Gasteiger partial charge in [0.1, 0.15) is 36.6 Å². The van der Waals surface area contributed by atoms with Crippen LogP contribution in [0.2, 0.25) is 0 Å². The summed E-state index contributed by atoms with van der Waals surface area (Å²) in [6.45, 7) is 11.2. The third-order valence-electron chi connectivity index (χ3n) is 9.45. The molecule has 0 radical (unpaired) electrons. The Morgan fingerprint density at radius 1 is 0.851 bits per heavy atom. The molecule has 3 aliphatic heterocycles. The van der Waals surface area contributed by atoms with E-state index < -0.39 is 67.4 Å². The maximum Gasteiger partial charge on any atom is 0.330 e. The molecule has 0 bridgehead atoms. The molecule has 3 N–H and O–H groups in total. The van der Waals surface area contributed by atoms with Gasteiger partial charge < -0.3 is 48.6 Å². The number of rotatable bonds is 7. The first-order valence-corrected chi connectivity index (χ1v) is 16.8. The molecule has 3 heterocycles. The van der Waals surface area contributed by atoms with Crippen LogP contribution in [0.25, 0.3) is 0 Å². The Hall–Kier alpha value is -2.00. The highest BCUT2D eigenvalue weighted by atomic mass is 16.7. The Bertz CT molecular complexity index is 1100. The van der Waals surface area contributed by atoms with E-state index >= 15 is 0 Å². The van der Waals surface area contributed by atoms with Crippen molar-refractivity contribution in [1.82, 2.24) is 4.90 Å². The SMILES string of the molecule is CCC1OC(=O)/C=C/C(C)C(OC2OC(C)CC(N(C)C)C2O)C(C)CC(C)C(=O)/C=C/C=C/C1OC1OC(C)C(O)C(OC)C1O. The summed E-state index contributed by atoms with van der Waals surface area (Å²) in [6.07, 6.45) is 1.73. The van der Waals surface area contributed by atoms with E-state index in [1.807, 2.05) is 53.6 Å². The molecule has 2 fully saturated rings. The summed E-state index contributed by atoms with van der Waals surface area (Å²) in [5, 5.41) is 32.4. The summed E-state index contributed by atoms with van der Waals surface area (Å²) in [5.74, 6) is -1.45. The van der Waals surface area contributed by atoms with Crippen molar-refractivity contribution in [2.45, 2.75) is 134 Å². The summed E-state index contributed by atoms with van der Waals surface area (Å²) in [7, 11) is 5.21. The molecule has 2 saturated heterocycles. The van der Waals surface area contributed by atoms with Crippen LogP contribution in [0.1, 0.15) is 60.8 Å². The molecule has 0 aromatic carbocycles. The number of methoxy groups -OCH3 is 1. The van der Waals surface area contributed by atoms with E-state index in [-0.39, 0.29) is 35.7 Å². The highest BCUT2D eigenvalue weighted by molar-refractivity contribution is 5.91. The van der Waals surface area contributed by atoms with Gasteiger partial charge in [-0.05, 0) is 59.2 Å². The monoisotopic (exact) mass is 667 g/mol. The lowest BCUT2D eigenvalue weighted by molar-refractivity contribution is -0.308. The van der Waals surface area contributed by atoms with Crippen LogP contribution in [0.3, 0.4) is 0 Å². The van der Waals surface area contributed by atoms with Gasteiger partial charge in [-0.1, -0.05) is 52.0 Å². The lowest BCUT2D eigenvalue weighted by atomic mass is 9.84. The van der Waals surface area contributed by atoms with Crippen LogP contribution >= 0.6 is 0 Å². The summed E-state index contributed by atoms with van der Waals surface area (Å²) in [4.78, 5) is 28.3. The standard InChI is InChI=1S/C35H57NO11/c1-10-26-27(46-35-31(41)33(42-9)29(39)23(6)44-35)14-12-11-13-25(37)20(3)17-21(4)32(19(2)15-16-28(38)45-26)47-34-30(40)24(36(7)8)18-22(5)43-34/h11-16,19-24,26-27,29-35,39-41H,10,17-18H2,1-9H3/b13-11+,14-12+,16-15+. The van der Waals surface area contributed by atoms with Crippen molar-refractivity contribution in [2.75, 3.05) is 21.2 Å². The quantitative estimate of drug-likeness (QED) is 0.342. The number of carbonyl (C=O) groups is 2. The molecular formula is C35H57NO11. The van der Waals surface area contributed by atoms with Crippen LogP contribution in [-0.2, 0) is 38.0 Å². The summed E-state index contributed by atoms with van der Waals surface area (Å²) >= 11 is 0. The van der Waals surface area contributed by atoms with Crippen LogP contribution in [0.5, 0.6) is 0 Å². The molecular weight excluding hydrogens is 610 g/mol. The Labute approximate surface area is 279 Å². The van der Waals surface area contributed by atoms with Gasteiger partial charge in [-0.2, -0.15) is 0 Å². The minimum absolute atomic E-state index is 0.0708. The van der Waals surface area contributed by atoms with E-state index in [1.54, 1.807) is 31.2 Å². The van der Waals surface area contributed by atoms with Crippen LogP contribution in [0.15, 0.2) is 36.5 Å². The first kappa shape index (κ1) is 39.4. The topological polar surface area (TPSA) is 153 Å². The second-order valence-corrected chi connectivity index (χ2v) is 13.5. The normalized spacial score (nSPS) is 44.9. The van der Waals surface area contributed by atoms with Gasteiger partial charge in [0.25, 0.3) is 0 Å². The maximum atomic E-state index is 13.2. The smallest absolute Gasteiger partial charge is 0.330 e. The molecule has 0 saturated carbocycles. The van der Waals surface area contributed by atoms with E-state index in [2.05, 4.69) is 0 Å². The Balaban J connectivity index is 1.89. The average Bonchev–Trinajstić information content (AvgIpc) is 3.02. The van der Waals surface area contributed by atoms with Crippen molar-refractivity contribution in [3.8, 4) is 0 Å². The summed E-state index contributed by atoms with van der Waals surface area (Å²) < 4.78 is 35.6. The lowest BCUT2D eigenvalue weighted by Crippen LogP contribution is -2.59. The van der Waals surface area contributed by atoms with Crippen molar-refractivity contribution in [2.24, 2.45) is 17.8 Å². The van der Waals surface area contributed by atoms with Gasteiger partial charge >= 0.3 is 5.97 Å². The number of carbonyl (C=O) groups excluding carboxylic acids is 2. The molecule has 15 atom stereocenters. The molecule has 0 amide bonds. The number of ketones is 1. The minimum Gasteiger partial charge on any atom is -0.456 e. The van der Waals surface area contributed by atoms with E-state index in [0.29, 0.717) is 19.3 Å². The Kier molecular flexibility index (Phi) is 15.2. The maximum absolute atomic E-state index is 13.2. The highest BCUT2D eigenvalue weighted by Crippen LogP contribution is 2.32. The van der Waals surface area contributed by atoms with Gasteiger partial charge in [-0.15, -0.1) is 0 Å². The zero-order chi connectivity index (χ0) is 35.0. The van der Waals surface area contributed by atoms with Crippen molar-refractivity contribution in [1.29, 1.82) is 0 Å². The minimum atomic E-state index is -1.31. The van der Waals surface area contributed by atoms with E-state index in [4.69, 9.17) is 28.4 Å². The van der Waals surface area contributed by atoms with Gasteiger partial charge in [0, 0.05) is 31.1 Å². The third-order valence-corrected chi connectivity index (χ3v) is 9.45. The van der Waals surface area contributed by atoms with Gasteiger partial charge in [0.2, 0.25) is 0 Å². The number of hydrogen-bond acceptors (Lipinski definition) is 12. The van der Waals surface area contributed by atoms with Crippen molar-refractivity contribution >= 4 is 11.8 Å². The molecule has 0 aromatic rings. The lowest BCUT2D eigenvalue weighted by Gasteiger charge is -2.43. The van der Waals surface area contributed by atoms with Crippen molar-refractivity contribution < 1.29 is 53.3 Å². The second-order valence-electron chi connectivity index (χ2n) is 13.5. The van der Waals surface area contributed by atoms with Gasteiger partial charge in [0.05, 0.1) is 18.3 Å². The molecule has 268 valence electrons. The first-order valence-electron chi connectivity index (χ1n) is 16.8. The van der Waals surface area contributed by atoms with Crippen molar-refractivity contribution in [3.05, 3.63) is 36.5 Å². The zero-order valence-corrected chi connectivity index (χ0v) is 29.3. The van der Waals surface area contributed by atoms with Gasteiger partial charge in [0.15, 0.2) is 18.4 Å². The molecule has 0 spiro atoms. The van der Waals surface area contributed by atoms with E-state index in [9.17, 15) is 24.9 Å². The predicted molar refractivity (Wildman–Crippen MR) is 174 cm³/mol. The van der Waals surface area contributed by atoms with Gasteiger partial charge in [-0.3, -0.25) is 4.79 Å². The molecule has 0 aliphatic carbocycles. The number of allylic oxidation sites excluding steroid dienone is 3. The van der Waals surface area contributed by atoms with Crippen LogP contribution in [-0.4, -0.2) is 127 Å². The number of cyclic esters (lactones) is 1. The van der Waals surface area contributed by atoms with Crippen LogP contribution in [0.4, 0.5) is 0 Å². The molecule has 3 rings (SSSR count). The zero-order valence-electron chi connectivity index (χ0n) is 29.3. The number of ether oxygens (including phenoxy) is 6. The Morgan fingerprint density at radius 3 is 2.17 bits per heavy atom. The van der Waals surface area contributed by atoms with E-state index in [0.717, 1.165) is 0 Å². The van der Waals surface area contributed by atoms with Gasteiger partial charge in [-0.25, -0.2) is 4.79 Å². The fourth-order valence-corrected chi connectivity index (χ4v) is 6.59. The predicted octanol–water partition coefficient (Wildman–Crippen LogP) is 2.54. The summed E-state index contributed by atoms with van der Waals surface area (Å²) in [6, 6.07) is -0.153. The molecule has 12 nitrogen and oxygen atoms in total. The Morgan fingerprint density at radius 2 is 1.53 bits per heavy atom. The third kappa shape index (κ3) is 10.5. The van der Waals surface area contributed by atoms with Crippen LogP contribution < -0.4 is 0 Å².